The lowest BCUT2D eigenvalue weighted by atomic mass is 9.93. The number of methoxy groups -OCH3 is 1. The number of nitrogens with zero attached hydrogens (tertiary/aromatic N) is 1. The average Bonchev–Trinajstić information content (AvgIpc) is 2.17. The van der Waals surface area contributed by atoms with E-state index in [9.17, 15) is 0 Å². The summed E-state index contributed by atoms with van der Waals surface area (Å²) >= 11 is 0. The molecule has 0 radical (unpaired) electrons. The van der Waals surface area contributed by atoms with Gasteiger partial charge < -0.3 is 10.1 Å². The maximum absolute atomic E-state index is 5.62. The molecule has 1 fully saturated rings. The zero-order valence-corrected chi connectivity index (χ0v) is 11.6. The van der Waals surface area contributed by atoms with Crippen LogP contribution in [0, 0.1) is 0 Å². The van der Waals surface area contributed by atoms with E-state index in [0.29, 0.717) is 0 Å². The van der Waals surface area contributed by atoms with Gasteiger partial charge in [0.15, 0.2) is 0 Å². The van der Waals surface area contributed by atoms with Crippen LogP contribution in [0.15, 0.2) is 0 Å². The first-order valence-electron chi connectivity index (χ1n) is 6.43. The highest BCUT2D eigenvalue weighted by atomic mass is 16.5. The van der Waals surface area contributed by atoms with Gasteiger partial charge in [-0.2, -0.15) is 0 Å². The molecule has 1 rings (SSSR count). The zero-order chi connectivity index (χ0) is 12.2. The van der Waals surface area contributed by atoms with E-state index in [-0.39, 0.29) is 11.1 Å². The number of likely N-dealkylation sites (tertiary alicyclic amines) is 1. The highest BCUT2D eigenvalue weighted by Gasteiger charge is 2.32. The first kappa shape index (κ1) is 13.9. The quantitative estimate of drug-likeness (QED) is 0.777. The van der Waals surface area contributed by atoms with Crippen molar-refractivity contribution < 1.29 is 4.74 Å². The molecule has 0 bridgehead atoms. The molecule has 1 aliphatic heterocycles. The minimum absolute atomic E-state index is 0.0561. The van der Waals surface area contributed by atoms with Gasteiger partial charge in [0.2, 0.25) is 0 Å². The molecule has 0 aromatic heterocycles. The van der Waals surface area contributed by atoms with Crippen molar-refractivity contribution in [2.45, 2.75) is 51.7 Å². The van der Waals surface area contributed by atoms with Crippen LogP contribution in [0.25, 0.3) is 0 Å². The maximum atomic E-state index is 5.62. The topological polar surface area (TPSA) is 24.5 Å². The van der Waals surface area contributed by atoms with Crippen LogP contribution in [0.2, 0.25) is 0 Å². The third kappa shape index (κ3) is 4.04. The summed E-state index contributed by atoms with van der Waals surface area (Å²) in [5.41, 5.74) is 0.251. The molecule has 1 heterocycles. The van der Waals surface area contributed by atoms with Gasteiger partial charge in [-0.15, -0.1) is 0 Å². The van der Waals surface area contributed by atoms with E-state index < -0.39 is 0 Å². The lowest BCUT2D eigenvalue weighted by Crippen LogP contribution is -2.55. The van der Waals surface area contributed by atoms with E-state index in [0.717, 1.165) is 19.6 Å². The van der Waals surface area contributed by atoms with Gasteiger partial charge in [0, 0.05) is 25.7 Å². The SMILES string of the molecule is CCNC(C)(C)CN1CCCC(C)(OC)C1. The van der Waals surface area contributed by atoms with E-state index in [4.69, 9.17) is 4.74 Å². The fourth-order valence-corrected chi connectivity index (χ4v) is 2.70. The lowest BCUT2D eigenvalue weighted by Gasteiger charge is -2.42. The first-order chi connectivity index (χ1) is 7.41. The van der Waals surface area contributed by atoms with Crippen molar-refractivity contribution in [3.8, 4) is 0 Å². The van der Waals surface area contributed by atoms with Crippen molar-refractivity contribution in [1.29, 1.82) is 0 Å². The van der Waals surface area contributed by atoms with Crippen LogP contribution >= 0.6 is 0 Å². The van der Waals surface area contributed by atoms with Crippen LogP contribution in [0.1, 0.15) is 40.5 Å². The highest BCUT2D eigenvalue weighted by molar-refractivity contribution is 4.89. The smallest absolute Gasteiger partial charge is 0.0777 e. The van der Waals surface area contributed by atoms with Gasteiger partial charge in [0.1, 0.15) is 0 Å². The molecule has 1 aliphatic rings. The number of hydrogen-bond donors (Lipinski definition) is 1. The lowest BCUT2D eigenvalue weighted by molar-refractivity contribution is -0.0548. The number of nitrogens with one attached hydrogen (secondary N) is 1. The summed E-state index contributed by atoms with van der Waals surface area (Å²) in [5.74, 6) is 0. The molecule has 0 amide bonds. The Morgan fingerprint density at radius 3 is 2.69 bits per heavy atom. The van der Waals surface area contributed by atoms with E-state index >= 15 is 0 Å². The largest absolute Gasteiger partial charge is 0.377 e. The Bertz CT molecular complexity index is 218. The second kappa shape index (κ2) is 5.48. The fourth-order valence-electron chi connectivity index (χ4n) is 2.70. The van der Waals surface area contributed by atoms with Gasteiger partial charge in [-0.3, -0.25) is 4.90 Å². The predicted octanol–water partition coefficient (Wildman–Crippen LogP) is 1.88. The van der Waals surface area contributed by atoms with Crippen molar-refractivity contribution in [2.75, 3.05) is 33.3 Å². The van der Waals surface area contributed by atoms with Crippen LogP contribution in [0.5, 0.6) is 0 Å². The summed E-state index contributed by atoms with van der Waals surface area (Å²) < 4.78 is 5.62. The molecule has 1 atom stereocenters. The average molecular weight is 228 g/mol. The first-order valence-corrected chi connectivity index (χ1v) is 6.43. The Balaban J connectivity index is 2.48. The van der Waals surface area contributed by atoms with Crippen LogP contribution in [0.4, 0.5) is 0 Å². The Kier molecular flexibility index (Phi) is 4.77. The van der Waals surface area contributed by atoms with Crippen molar-refractivity contribution in [1.82, 2.24) is 10.2 Å². The summed E-state index contributed by atoms with van der Waals surface area (Å²) in [7, 11) is 1.83. The molecule has 16 heavy (non-hydrogen) atoms. The molecule has 1 N–H and O–H groups in total. The van der Waals surface area contributed by atoms with E-state index in [2.05, 4.69) is 37.9 Å². The Morgan fingerprint density at radius 1 is 1.44 bits per heavy atom. The van der Waals surface area contributed by atoms with Crippen molar-refractivity contribution in [2.24, 2.45) is 0 Å². The second-order valence-corrected chi connectivity index (χ2v) is 5.88. The fraction of sp³-hybridized carbons (Fsp3) is 1.00. The molecule has 1 saturated heterocycles. The molecule has 3 heteroatoms. The van der Waals surface area contributed by atoms with Crippen molar-refractivity contribution in [3.05, 3.63) is 0 Å². The monoisotopic (exact) mass is 228 g/mol. The molecule has 1 unspecified atom stereocenters. The van der Waals surface area contributed by atoms with Crippen LogP contribution in [-0.2, 0) is 4.74 Å². The molecule has 0 aromatic carbocycles. The molecule has 0 spiro atoms. The maximum Gasteiger partial charge on any atom is 0.0777 e. The van der Waals surface area contributed by atoms with Crippen LogP contribution in [-0.4, -0.2) is 49.3 Å². The van der Waals surface area contributed by atoms with E-state index in [1.165, 1.54) is 19.4 Å². The molecule has 96 valence electrons. The summed E-state index contributed by atoms with van der Waals surface area (Å²) in [5, 5.41) is 3.53. The van der Waals surface area contributed by atoms with E-state index in [1.54, 1.807) is 0 Å². The van der Waals surface area contributed by atoms with E-state index in [1.807, 2.05) is 7.11 Å². The normalized spacial score (nSPS) is 28.3. The van der Waals surface area contributed by atoms with Crippen LogP contribution in [0.3, 0.4) is 0 Å². The molecular weight excluding hydrogens is 200 g/mol. The molecule has 3 nitrogen and oxygen atoms in total. The summed E-state index contributed by atoms with van der Waals surface area (Å²) in [4.78, 5) is 2.52. The molecule has 0 saturated carbocycles. The van der Waals surface area contributed by atoms with Gasteiger partial charge in [-0.05, 0) is 46.7 Å². The Labute approximate surface area is 101 Å². The Hall–Kier alpha value is -0.120. The summed E-state index contributed by atoms with van der Waals surface area (Å²) in [6.07, 6.45) is 2.42. The molecular formula is C13H28N2O. The second-order valence-electron chi connectivity index (χ2n) is 5.88. The van der Waals surface area contributed by atoms with Crippen molar-refractivity contribution in [3.63, 3.8) is 0 Å². The zero-order valence-electron chi connectivity index (χ0n) is 11.6. The summed E-state index contributed by atoms with van der Waals surface area (Å²) in [6, 6.07) is 0. The third-order valence-electron chi connectivity index (χ3n) is 3.51. The molecule has 0 aliphatic carbocycles. The predicted molar refractivity (Wildman–Crippen MR) is 68.8 cm³/mol. The van der Waals surface area contributed by atoms with Gasteiger partial charge >= 0.3 is 0 Å². The van der Waals surface area contributed by atoms with Crippen LogP contribution < -0.4 is 5.32 Å². The van der Waals surface area contributed by atoms with Gasteiger partial charge in [0.05, 0.1) is 5.60 Å². The standard InChI is InChI=1S/C13H28N2O/c1-6-14-12(2,3)10-15-9-7-8-13(4,11-15)16-5/h14H,6-11H2,1-5H3. The molecule has 0 aromatic rings. The number of piperidine rings is 1. The number of likely N-dealkylation sites (N-methyl/N-ethyl adjacent to an activating group) is 1. The van der Waals surface area contributed by atoms with Gasteiger partial charge in [-0.1, -0.05) is 6.92 Å². The number of rotatable bonds is 5. The number of hydrogen-bond acceptors (Lipinski definition) is 3. The summed E-state index contributed by atoms with van der Waals surface area (Å²) in [6.45, 7) is 13.3. The number of ether oxygens (including phenoxy) is 1. The third-order valence-corrected chi connectivity index (χ3v) is 3.51. The van der Waals surface area contributed by atoms with Gasteiger partial charge in [-0.25, -0.2) is 0 Å². The van der Waals surface area contributed by atoms with Gasteiger partial charge in [0.25, 0.3) is 0 Å². The Morgan fingerprint density at radius 2 is 2.12 bits per heavy atom. The minimum Gasteiger partial charge on any atom is -0.377 e. The highest BCUT2D eigenvalue weighted by Crippen LogP contribution is 2.24. The van der Waals surface area contributed by atoms with Crippen molar-refractivity contribution >= 4 is 0 Å². The minimum atomic E-state index is 0.0561.